The van der Waals surface area contributed by atoms with Gasteiger partial charge in [-0.15, -0.1) is 0 Å². The van der Waals surface area contributed by atoms with Gasteiger partial charge in [-0.05, 0) is 19.1 Å². The number of nitrogens with one attached hydrogen (secondary N) is 2. The zero-order valence-electron chi connectivity index (χ0n) is 11.0. The lowest BCUT2D eigenvalue weighted by Gasteiger charge is -2.16. The Bertz CT molecular complexity index is 497. The number of aliphatic hydroxyl groups is 1. The van der Waals surface area contributed by atoms with Gasteiger partial charge in [-0.25, -0.2) is 4.79 Å². The lowest BCUT2D eigenvalue weighted by atomic mass is 10.3. The lowest BCUT2D eigenvalue weighted by molar-refractivity contribution is -0.153. The Morgan fingerprint density at radius 3 is 2.71 bits per heavy atom. The number of aliphatic hydroxyl groups excluding tert-OH is 1. The van der Waals surface area contributed by atoms with E-state index in [0.29, 0.717) is 0 Å². The van der Waals surface area contributed by atoms with Gasteiger partial charge < -0.3 is 20.5 Å². The second kappa shape index (κ2) is 7.37. The number of halogens is 4. The van der Waals surface area contributed by atoms with Crippen LogP contribution in [0.4, 0.5) is 23.7 Å². The molecular formula is C12H14ClF3N2O3. The summed E-state index contributed by atoms with van der Waals surface area (Å²) >= 11 is 5.69. The van der Waals surface area contributed by atoms with Crippen molar-refractivity contribution < 1.29 is 27.8 Å². The SMILES string of the molecule is CC(CO)NC(=O)Nc1ccc(Cl)cc1OCC(F)(F)F. The molecule has 5 nitrogen and oxygen atoms in total. The quantitative estimate of drug-likeness (QED) is 0.779. The molecule has 1 aromatic rings. The third-order valence-electron chi connectivity index (χ3n) is 2.23. The van der Waals surface area contributed by atoms with Gasteiger partial charge in [-0.2, -0.15) is 13.2 Å². The van der Waals surface area contributed by atoms with E-state index in [9.17, 15) is 18.0 Å². The van der Waals surface area contributed by atoms with Crippen LogP contribution in [0.1, 0.15) is 6.92 Å². The minimum Gasteiger partial charge on any atom is -0.482 e. The molecule has 0 fully saturated rings. The number of hydrogen-bond donors (Lipinski definition) is 3. The number of urea groups is 1. The van der Waals surface area contributed by atoms with Crippen LogP contribution >= 0.6 is 11.6 Å². The highest BCUT2D eigenvalue weighted by Gasteiger charge is 2.29. The van der Waals surface area contributed by atoms with Gasteiger partial charge in [0.15, 0.2) is 6.61 Å². The Hall–Kier alpha value is -1.67. The summed E-state index contributed by atoms with van der Waals surface area (Å²) in [6, 6.07) is 2.69. The number of rotatable bonds is 5. The average molecular weight is 327 g/mol. The van der Waals surface area contributed by atoms with E-state index in [0.717, 1.165) is 0 Å². The van der Waals surface area contributed by atoms with E-state index in [1.165, 1.54) is 18.2 Å². The number of amides is 2. The van der Waals surface area contributed by atoms with Crippen molar-refractivity contribution in [2.45, 2.75) is 19.1 Å². The molecule has 0 saturated carbocycles. The second-order valence-corrected chi connectivity index (χ2v) is 4.66. The fourth-order valence-electron chi connectivity index (χ4n) is 1.31. The Balaban J connectivity index is 2.79. The monoisotopic (exact) mass is 326 g/mol. The number of carbonyl (C=O) groups excluding carboxylic acids is 1. The van der Waals surface area contributed by atoms with Gasteiger partial charge in [0.25, 0.3) is 0 Å². The molecule has 1 unspecified atom stereocenters. The first-order chi connectivity index (χ1) is 9.71. The first-order valence-corrected chi connectivity index (χ1v) is 6.26. The van der Waals surface area contributed by atoms with E-state index >= 15 is 0 Å². The Labute approximate surface area is 124 Å². The lowest BCUT2D eigenvalue weighted by Crippen LogP contribution is -2.38. The van der Waals surface area contributed by atoms with Crippen LogP contribution in [0, 0.1) is 0 Å². The van der Waals surface area contributed by atoms with Crippen molar-refractivity contribution in [3.05, 3.63) is 23.2 Å². The molecule has 21 heavy (non-hydrogen) atoms. The highest BCUT2D eigenvalue weighted by atomic mass is 35.5. The van der Waals surface area contributed by atoms with Crippen LogP contribution in [-0.2, 0) is 0 Å². The van der Waals surface area contributed by atoms with Gasteiger partial charge in [0.05, 0.1) is 18.3 Å². The summed E-state index contributed by atoms with van der Waals surface area (Å²) in [6.07, 6.45) is -4.51. The van der Waals surface area contributed by atoms with Crippen molar-refractivity contribution in [3.8, 4) is 5.75 Å². The molecule has 0 radical (unpaired) electrons. The zero-order valence-corrected chi connectivity index (χ0v) is 11.8. The minimum absolute atomic E-state index is 0.0336. The number of carbonyl (C=O) groups is 1. The predicted octanol–water partition coefficient (Wildman–Crippen LogP) is 2.78. The molecule has 0 spiro atoms. The van der Waals surface area contributed by atoms with E-state index in [4.69, 9.17) is 16.7 Å². The molecule has 9 heteroatoms. The van der Waals surface area contributed by atoms with Crippen molar-refractivity contribution in [1.82, 2.24) is 5.32 Å². The molecule has 0 aromatic heterocycles. The van der Waals surface area contributed by atoms with Crippen molar-refractivity contribution in [3.63, 3.8) is 0 Å². The third-order valence-corrected chi connectivity index (χ3v) is 2.47. The van der Waals surface area contributed by atoms with Crippen molar-refractivity contribution in [2.24, 2.45) is 0 Å². The van der Waals surface area contributed by atoms with Gasteiger partial charge in [0.2, 0.25) is 0 Å². The summed E-state index contributed by atoms with van der Waals surface area (Å²) < 4.78 is 41.1. The first kappa shape index (κ1) is 17.4. The molecule has 118 valence electrons. The first-order valence-electron chi connectivity index (χ1n) is 5.88. The van der Waals surface area contributed by atoms with Crippen molar-refractivity contribution in [2.75, 3.05) is 18.5 Å². The molecule has 0 bridgehead atoms. The fraction of sp³-hybridized carbons (Fsp3) is 0.417. The molecular weight excluding hydrogens is 313 g/mol. The van der Waals surface area contributed by atoms with Crippen LogP contribution in [0.25, 0.3) is 0 Å². The number of ether oxygens (including phenoxy) is 1. The normalized spacial score (nSPS) is 12.7. The van der Waals surface area contributed by atoms with E-state index in [1.807, 2.05) is 0 Å². The molecule has 0 saturated heterocycles. The van der Waals surface area contributed by atoms with Gasteiger partial charge in [0, 0.05) is 11.1 Å². The summed E-state index contributed by atoms with van der Waals surface area (Å²) in [6.45, 7) is -0.218. The van der Waals surface area contributed by atoms with E-state index < -0.39 is 24.9 Å². The minimum atomic E-state index is -4.51. The maximum Gasteiger partial charge on any atom is 0.422 e. The van der Waals surface area contributed by atoms with Crippen molar-refractivity contribution >= 4 is 23.3 Å². The Kier molecular flexibility index (Phi) is 6.10. The largest absolute Gasteiger partial charge is 0.482 e. The van der Waals surface area contributed by atoms with E-state index in [-0.39, 0.29) is 23.1 Å². The van der Waals surface area contributed by atoms with Crippen LogP contribution < -0.4 is 15.4 Å². The number of benzene rings is 1. The van der Waals surface area contributed by atoms with E-state index in [2.05, 4.69) is 15.4 Å². The van der Waals surface area contributed by atoms with Gasteiger partial charge >= 0.3 is 12.2 Å². The van der Waals surface area contributed by atoms with Crippen LogP contribution in [0.2, 0.25) is 5.02 Å². The van der Waals surface area contributed by atoms with Gasteiger partial charge in [-0.1, -0.05) is 11.6 Å². The number of hydrogen-bond acceptors (Lipinski definition) is 3. The van der Waals surface area contributed by atoms with Crippen LogP contribution in [0.5, 0.6) is 5.75 Å². The molecule has 0 aliphatic rings. The number of anilines is 1. The van der Waals surface area contributed by atoms with Gasteiger partial charge in [0.1, 0.15) is 5.75 Å². The number of alkyl halides is 3. The topological polar surface area (TPSA) is 70.6 Å². The molecule has 0 aliphatic carbocycles. The van der Waals surface area contributed by atoms with Gasteiger partial charge in [-0.3, -0.25) is 0 Å². The van der Waals surface area contributed by atoms with Crippen LogP contribution in [0.15, 0.2) is 18.2 Å². The maximum atomic E-state index is 12.2. The standard InChI is InChI=1S/C12H14ClF3N2O3/c1-7(5-19)17-11(20)18-9-3-2-8(13)4-10(9)21-6-12(14,15)16/h2-4,7,19H,5-6H2,1H3,(H2,17,18,20). The summed E-state index contributed by atoms with van der Waals surface area (Å²) in [4.78, 5) is 11.6. The van der Waals surface area contributed by atoms with Crippen LogP contribution in [-0.4, -0.2) is 36.6 Å². The third kappa shape index (κ3) is 6.54. The maximum absolute atomic E-state index is 12.2. The highest BCUT2D eigenvalue weighted by molar-refractivity contribution is 6.30. The predicted molar refractivity (Wildman–Crippen MR) is 71.7 cm³/mol. The van der Waals surface area contributed by atoms with Crippen molar-refractivity contribution in [1.29, 1.82) is 0 Å². The summed E-state index contributed by atoms with van der Waals surface area (Å²) in [5.74, 6) is -0.202. The van der Waals surface area contributed by atoms with Crippen LogP contribution in [0.3, 0.4) is 0 Å². The molecule has 1 rings (SSSR count). The smallest absolute Gasteiger partial charge is 0.422 e. The Morgan fingerprint density at radius 1 is 1.48 bits per heavy atom. The summed E-state index contributed by atoms with van der Waals surface area (Å²) in [5.41, 5.74) is 0.0336. The second-order valence-electron chi connectivity index (χ2n) is 4.23. The molecule has 2 amide bonds. The molecule has 3 N–H and O–H groups in total. The molecule has 0 heterocycles. The average Bonchev–Trinajstić information content (AvgIpc) is 2.37. The highest BCUT2D eigenvalue weighted by Crippen LogP contribution is 2.29. The molecule has 0 aliphatic heterocycles. The van der Waals surface area contributed by atoms with E-state index in [1.54, 1.807) is 6.92 Å². The summed E-state index contributed by atoms with van der Waals surface area (Å²) in [7, 11) is 0. The summed E-state index contributed by atoms with van der Waals surface area (Å²) in [5, 5.41) is 13.7. The Morgan fingerprint density at radius 2 is 2.14 bits per heavy atom. The molecule has 1 aromatic carbocycles. The molecule has 1 atom stereocenters. The fourth-order valence-corrected chi connectivity index (χ4v) is 1.47. The zero-order chi connectivity index (χ0) is 16.0.